The first-order chi connectivity index (χ1) is 15.3. The summed E-state index contributed by atoms with van der Waals surface area (Å²) in [6, 6.07) is 6.51. The number of rotatable bonds is 8. The van der Waals surface area contributed by atoms with Crippen molar-refractivity contribution in [3.05, 3.63) is 47.5 Å². The number of fused-ring (bicyclic) bond motifs is 1. The average Bonchev–Trinajstić information content (AvgIpc) is 3.44. The lowest BCUT2D eigenvalue weighted by Gasteiger charge is -2.24. The second-order valence-corrected chi connectivity index (χ2v) is 7.58. The summed E-state index contributed by atoms with van der Waals surface area (Å²) in [7, 11) is 0. The normalized spacial score (nSPS) is 18.4. The fraction of sp³-hybridized carbons (Fsp3) is 0.381. The predicted octanol–water partition coefficient (Wildman–Crippen LogP) is 2.16. The average molecular weight is 448 g/mol. The molecule has 1 aliphatic heterocycles. The van der Waals surface area contributed by atoms with E-state index >= 15 is 0 Å². The quantitative estimate of drug-likeness (QED) is 0.545. The smallest absolute Gasteiger partial charge is 0.257 e. The van der Waals surface area contributed by atoms with Crippen LogP contribution < -0.4 is 15.8 Å². The van der Waals surface area contributed by atoms with Gasteiger partial charge in [-0.1, -0.05) is 0 Å². The van der Waals surface area contributed by atoms with Gasteiger partial charge < -0.3 is 24.9 Å². The molecular weight excluding hydrogens is 426 g/mol. The van der Waals surface area contributed by atoms with Gasteiger partial charge in [-0.2, -0.15) is 5.10 Å². The fourth-order valence-electron chi connectivity index (χ4n) is 3.71. The Morgan fingerprint density at radius 1 is 1.38 bits per heavy atom. The number of ether oxygens (including phenoxy) is 2. The second-order valence-electron chi connectivity index (χ2n) is 7.58. The number of nitrogens with one attached hydrogen (secondary N) is 1. The van der Waals surface area contributed by atoms with Gasteiger partial charge in [-0.15, -0.1) is 0 Å². The van der Waals surface area contributed by atoms with Crippen LogP contribution >= 0.6 is 0 Å². The molecule has 3 aromatic rings. The Labute approximate surface area is 181 Å². The van der Waals surface area contributed by atoms with Crippen LogP contribution in [0.2, 0.25) is 0 Å². The Morgan fingerprint density at radius 2 is 2.19 bits per heavy atom. The number of primary amides is 1. The minimum Gasteiger partial charge on any atom is -0.487 e. The summed E-state index contributed by atoms with van der Waals surface area (Å²) in [5.41, 5.74) is 5.42. The van der Waals surface area contributed by atoms with Crippen LogP contribution in [0.1, 0.15) is 28.2 Å². The van der Waals surface area contributed by atoms with Gasteiger partial charge in [0, 0.05) is 24.6 Å². The van der Waals surface area contributed by atoms with Gasteiger partial charge in [-0.05, 0) is 31.2 Å². The van der Waals surface area contributed by atoms with Crippen LogP contribution in [0.15, 0.2) is 34.9 Å². The molecule has 4 rings (SSSR count). The van der Waals surface area contributed by atoms with Crippen molar-refractivity contribution in [1.29, 1.82) is 0 Å². The van der Waals surface area contributed by atoms with Gasteiger partial charge in [0.05, 0.1) is 17.9 Å². The topological polar surface area (TPSA) is 122 Å². The fourth-order valence-corrected chi connectivity index (χ4v) is 3.71. The molecule has 3 heterocycles. The lowest BCUT2D eigenvalue weighted by molar-refractivity contribution is -0.124. The van der Waals surface area contributed by atoms with Gasteiger partial charge >= 0.3 is 0 Å². The number of aromatic nitrogens is 2. The van der Waals surface area contributed by atoms with Gasteiger partial charge in [0.25, 0.3) is 12.3 Å². The van der Waals surface area contributed by atoms with E-state index in [1.54, 1.807) is 31.2 Å². The van der Waals surface area contributed by atoms with Crippen molar-refractivity contribution in [2.24, 2.45) is 5.73 Å². The number of amides is 2. The van der Waals surface area contributed by atoms with E-state index in [0.29, 0.717) is 34.8 Å². The first kappa shape index (κ1) is 21.8. The molecule has 0 saturated carbocycles. The summed E-state index contributed by atoms with van der Waals surface area (Å²) in [6.45, 7) is 1.44. The number of benzene rings is 1. The number of carbonyl (C=O) groups excluding carboxylic acids is 2. The third kappa shape index (κ3) is 4.15. The highest BCUT2D eigenvalue weighted by molar-refractivity contribution is 6.09. The molecule has 9 nitrogen and oxygen atoms in total. The molecule has 0 aliphatic carbocycles. The summed E-state index contributed by atoms with van der Waals surface area (Å²) in [6.07, 6.45) is -0.828. The van der Waals surface area contributed by atoms with Crippen molar-refractivity contribution in [1.82, 2.24) is 15.1 Å². The molecule has 2 amide bonds. The number of alkyl halides is 2. The van der Waals surface area contributed by atoms with Gasteiger partial charge in [0.2, 0.25) is 5.91 Å². The van der Waals surface area contributed by atoms with E-state index in [1.165, 1.54) is 10.9 Å². The lowest BCUT2D eigenvalue weighted by atomic mass is 9.97. The molecule has 170 valence electrons. The van der Waals surface area contributed by atoms with Crippen LogP contribution in [-0.4, -0.2) is 46.8 Å². The number of furan rings is 1. The van der Waals surface area contributed by atoms with Crippen LogP contribution in [0.3, 0.4) is 0 Å². The molecule has 1 aromatic carbocycles. The van der Waals surface area contributed by atoms with Crippen LogP contribution in [0.4, 0.5) is 8.78 Å². The minimum absolute atomic E-state index is 0.00354. The standard InChI is InChI=1S/C21H22F2N4O5/c1-12-18(19(28)26-21(20(24)29)5-7-30-11-21)15-8-14(2-3-16(15)32-12)31-10-13-4-6-25-27(13)9-17(22)23/h2-4,6,8,17H,5,7,9-11H2,1H3,(H2,24,29)(H,26,28). The molecule has 2 aromatic heterocycles. The van der Waals surface area contributed by atoms with Gasteiger partial charge in [-0.25, -0.2) is 8.78 Å². The van der Waals surface area contributed by atoms with E-state index in [2.05, 4.69) is 10.4 Å². The highest BCUT2D eigenvalue weighted by atomic mass is 19.3. The van der Waals surface area contributed by atoms with Gasteiger partial charge in [-0.3, -0.25) is 14.3 Å². The summed E-state index contributed by atoms with van der Waals surface area (Å²) >= 11 is 0. The molecule has 0 radical (unpaired) electrons. The molecule has 3 N–H and O–H groups in total. The van der Waals surface area contributed by atoms with Crippen molar-refractivity contribution in [3.63, 3.8) is 0 Å². The predicted molar refractivity (Wildman–Crippen MR) is 108 cm³/mol. The second kappa shape index (κ2) is 8.58. The van der Waals surface area contributed by atoms with Crippen LogP contribution in [0, 0.1) is 6.92 Å². The zero-order valence-corrected chi connectivity index (χ0v) is 17.3. The van der Waals surface area contributed by atoms with E-state index in [1.807, 2.05) is 0 Å². The Hall–Kier alpha value is -3.47. The lowest BCUT2D eigenvalue weighted by Crippen LogP contribution is -2.58. The Kier molecular flexibility index (Phi) is 5.83. The molecule has 1 aliphatic rings. The van der Waals surface area contributed by atoms with Crippen LogP contribution in [0.25, 0.3) is 11.0 Å². The van der Waals surface area contributed by atoms with Crippen molar-refractivity contribution in [3.8, 4) is 5.75 Å². The summed E-state index contributed by atoms with van der Waals surface area (Å²) in [4.78, 5) is 25.0. The zero-order valence-electron chi connectivity index (χ0n) is 17.3. The molecular formula is C21H22F2N4O5. The van der Waals surface area contributed by atoms with E-state index < -0.39 is 30.3 Å². The number of hydrogen-bond donors (Lipinski definition) is 2. The third-order valence-electron chi connectivity index (χ3n) is 5.41. The molecule has 1 saturated heterocycles. The molecule has 1 unspecified atom stereocenters. The summed E-state index contributed by atoms with van der Waals surface area (Å²) in [5.74, 6) is -0.412. The number of halogens is 2. The SMILES string of the molecule is Cc1oc2ccc(OCc3ccnn3CC(F)F)cc2c1C(=O)NC1(C(N)=O)CCOC1. The van der Waals surface area contributed by atoms with E-state index in [-0.39, 0.29) is 25.2 Å². The third-order valence-corrected chi connectivity index (χ3v) is 5.41. The number of hydrogen-bond acceptors (Lipinski definition) is 6. The Morgan fingerprint density at radius 3 is 2.88 bits per heavy atom. The molecule has 0 bridgehead atoms. The maximum atomic E-state index is 13.1. The summed E-state index contributed by atoms with van der Waals surface area (Å²) in [5, 5.41) is 7.06. The van der Waals surface area contributed by atoms with Crippen molar-refractivity contribution in [2.45, 2.75) is 38.5 Å². The van der Waals surface area contributed by atoms with Gasteiger partial charge in [0.1, 0.15) is 35.8 Å². The number of carbonyl (C=O) groups is 2. The van der Waals surface area contributed by atoms with E-state index in [9.17, 15) is 18.4 Å². The largest absolute Gasteiger partial charge is 0.487 e. The van der Waals surface area contributed by atoms with Crippen LogP contribution in [-0.2, 0) is 22.7 Å². The van der Waals surface area contributed by atoms with E-state index in [0.717, 1.165) is 0 Å². The first-order valence-corrected chi connectivity index (χ1v) is 9.94. The molecule has 32 heavy (non-hydrogen) atoms. The summed E-state index contributed by atoms with van der Waals surface area (Å²) < 4.78 is 43.2. The first-order valence-electron chi connectivity index (χ1n) is 9.94. The number of nitrogens with zero attached hydrogens (tertiary/aromatic N) is 2. The number of nitrogens with two attached hydrogens (primary N) is 1. The minimum atomic E-state index is -2.53. The van der Waals surface area contributed by atoms with Gasteiger partial charge in [0.15, 0.2) is 0 Å². The van der Waals surface area contributed by atoms with Crippen LogP contribution in [0.5, 0.6) is 5.75 Å². The molecule has 1 atom stereocenters. The monoisotopic (exact) mass is 448 g/mol. The number of aryl methyl sites for hydroxylation is 1. The molecule has 11 heteroatoms. The van der Waals surface area contributed by atoms with Crippen molar-refractivity contribution in [2.75, 3.05) is 13.2 Å². The van der Waals surface area contributed by atoms with E-state index in [4.69, 9.17) is 19.6 Å². The van der Waals surface area contributed by atoms with Crippen molar-refractivity contribution < 1.29 is 32.3 Å². The van der Waals surface area contributed by atoms with Crippen molar-refractivity contribution >= 4 is 22.8 Å². The maximum Gasteiger partial charge on any atom is 0.257 e. The zero-order chi connectivity index (χ0) is 22.9. The Bertz CT molecular complexity index is 1150. The molecule has 0 spiro atoms. The highest BCUT2D eigenvalue weighted by Gasteiger charge is 2.43. The Balaban J connectivity index is 1.57. The molecule has 1 fully saturated rings. The maximum absolute atomic E-state index is 13.1. The highest BCUT2D eigenvalue weighted by Crippen LogP contribution is 2.30.